The van der Waals surface area contributed by atoms with Crippen LogP contribution in [-0.2, 0) is 12.8 Å². The largest absolute Gasteiger partial charge is 0.383 e. The highest BCUT2D eigenvalue weighted by atomic mass is 35.5. The lowest BCUT2D eigenvalue weighted by molar-refractivity contribution is 0.215. The number of nitrogen functional groups attached to an aromatic ring is 1. The van der Waals surface area contributed by atoms with E-state index in [1.165, 1.54) is 12.1 Å². The van der Waals surface area contributed by atoms with Crippen LogP contribution in [0.15, 0.2) is 18.2 Å². The van der Waals surface area contributed by atoms with Crippen molar-refractivity contribution in [3.63, 3.8) is 0 Å². The predicted octanol–water partition coefficient (Wildman–Crippen LogP) is 5.15. The number of nitrogens with two attached hydrogens (primary N) is 1. The summed E-state index contributed by atoms with van der Waals surface area (Å²) in [4.78, 5) is 4.46. The summed E-state index contributed by atoms with van der Waals surface area (Å²) in [5.74, 6) is 0.170. The number of aryl methyl sites for hydroxylation is 1. The highest BCUT2D eigenvalue weighted by Crippen LogP contribution is 2.42. The summed E-state index contributed by atoms with van der Waals surface area (Å²) in [6.07, 6.45) is 2.65. The molecule has 0 amide bonds. The van der Waals surface area contributed by atoms with Crippen LogP contribution in [-0.4, -0.2) is 4.98 Å². The highest BCUT2D eigenvalue weighted by Gasteiger charge is 2.32. The van der Waals surface area contributed by atoms with E-state index < -0.39 is 5.82 Å². The van der Waals surface area contributed by atoms with Crippen molar-refractivity contribution in [2.24, 2.45) is 11.3 Å². The quantitative estimate of drug-likeness (QED) is 0.768. The maximum Gasteiger partial charge on any atom is 0.142 e. The van der Waals surface area contributed by atoms with E-state index in [1.54, 1.807) is 6.07 Å². The van der Waals surface area contributed by atoms with E-state index in [2.05, 4.69) is 31.8 Å². The molecule has 1 atom stereocenters. The Kier molecular flexibility index (Phi) is 4.47. The van der Waals surface area contributed by atoms with E-state index in [0.717, 1.165) is 30.5 Å². The smallest absolute Gasteiger partial charge is 0.142 e. The Labute approximate surface area is 152 Å². The fourth-order valence-electron chi connectivity index (χ4n) is 3.60. The van der Waals surface area contributed by atoms with Gasteiger partial charge in [-0.1, -0.05) is 38.4 Å². The van der Waals surface area contributed by atoms with Gasteiger partial charge in [-0.3, -0.25) is 0 Å². The highest BCUT2D eigenvalue weighted by molar-refractivity contribution is 6.30. The van der Waals surface area contributed by atoms with E-state index in [1.807, 2.05) is 0 Å². The second-order valence-corrected chi connectivity index (χ2v) is 8.13. The zero-order valence-corrected chi connectivity index (χ0v) is 15.4. The summed E-state index contributed by atoms with van der Waals surface area (Å²) in [7, 11) is 0. The Bertz CT molecular complexity index is 878. The number of nitriles is 1. The van der Waals surface area contributed by atoms with Gasteiger partial charge in [0.1, 0.15) is 23.3 Å². The first-order valence-corrected chi connectivity index (χ1v) is 8.77. The van der Waals surface area contributed by atoms with Crippen molar-refractivity contribution < 1.29 is 4.39 Å². The van der Waals surface area contributed by atoms with Crippen LogP contribution < -0.4 is 5.73 Å². The van der Waals surface area contributed by atoms with Crippen molar-refractivity contribution in [3.05, 3.63) is 45.9 Å². The number of fused-ring (bicyclic) bond motifs is 1. The summed E-state index contributed by atoms with van der Waals surface area (Å²) in [6.45, 7) is 6.67. The zero-order valence-electron chi connectivity index (χ0n) is 14.7. The van der Waals surface area contributed by atoms with Crippen LogP contribution in [0, 0.1) is 28.5 Å². The van der Waals surface area contributed by atoms with Crippen LogP contribution in [0.25, 0.3) is 11.1 Å². The average molecular weight is 358 g/mol. The van der Waals surface area contributed by atoms with Gasteiger partial charge < -0.3 is 5.73 Å². The molecule has 130 valence electrons. The molecule has 1 unspecified atom stereocenters. The summed E-state index contributed by atoms with van der Waals surface area (Å²) in [5.41, 5.74) is 9.75. The Balaban J connectivity index is 2.25. The second-order valence-electron chi connectivity index (χ2n) is 7.72. The molecule has 3 nitrogen and oxygen atoms in total. The fourth-order valence-corrected chi connectivity index (χ4v) is 3.72. The topological polar surface area (TPSA) is 62.7 Å². The van der Waals surface area contributed by atoms with Gasteiger partial charge in [0.05, 0.1) is 5.02 Å². The van der Waals surface area contributed by atoms with Gasteiger partial charge in [0.2, 0.25) is 0 Å². The van der Waals surface area contributed by atoms with Gasteiger partial charge in [-0.15, -0.1) is 0 Å². The molecule has 0 radical (unpaired) electrons. The van der Waals surface area contributed by atoms with Gasteiger partial charge >= 0.3 is 0 Å². The molecule has 2 aromatic rings. The van der Waals surface area contributed by atoms with E-state index in [4.69, 9.17) is 17.3 Å². The van der Waals surface area contributed by atoms with Crippen LogP contribution in [0.3, 0.4) is 0 Å². The maximum absolute atomic E-state index is 14.0. The van der Waals surface area contributed by atoms with Crippen molar-refractivity contribution in [1.82, 2.24) is 4.98 Å². The fraction of sp³-hybridized carbons (Fsp3) is 0.400. The number of hydrogen-bond acceptors (Lipinski definition) is 3. The molecule has 1 aromatic heterocycles. The summed E-state index contributed by atoms with van der Waals surface area (Å²) >= 11 is 5.82. The van der Waals surface area contributed by atoms with E-state index in [0.29, 0.717) is 22.6 Å². The Morgan fingerprint density at radius 2 is 2.08 bits per heavy atom. The predicted molar refractivity (Wildman–Crippen MR) is 98.7 cm³/mol. The van der Waals surface area contributed by atoms with Crippen LogP contribution in [0.4, 0.5) is 10.2 Å². The number of pyridine rings is 1. The van der Waals surface area contributed by atoms with Crippen LogP contribution in [0.5, 0.6) is 0 Å². The lowest BCUT2D eigenvalue weighted by atomic mass is 9.70. The minimum Gasteiger partial charge on any atom is -0.383 e. The van der Waals surface area contributed by atoms with Crippen LogP contribution in [0.1, 0.15) is 44.0 Å². The zero-order chi connectivity index (χ0) is 18.4. The lowest BCUT2D eigenvalue weighted by Gasteiger charge is -2.35. The maximum atomic E-state index is 14.0. The van der Waals surface area contributed by atoms with Crippen LogP contribution >= 0.6 is 11.6 Å². The van der Waals surface area contributed by atoms with Crippen molar-refractivity contribution in [2.45, 2.75) is 40.0 Å². The molecule has 0 fully saturated rings. The molecule has 1 heterocycles. The molecule has 1 aromatic carbocycles. The van der Waals surface area contributed by atoms with Crippen molar-refractivity contribution in [3.8, 4) is 17.2 Å². The van der Waals surface area contributed by atoms with Crippen molar-refractivity contribution in [2.75, 3.05) is 5.73 Å². The minimum atomic E-state index is -0.504. The molecule has 3 rings (SSSR count). The number of aromatic nitrogens is 1. The Morgan fingerprint density at radius 3 is 2.68 bits per heavy atom. The third-order valence-corrected chi connectivity index (χ3v) is 5.44. The minimum absolute atomic E-state index is 0.0609. The van der Waals surface area contributed by atoms with Gasteiger partial charge in [0.25, 0.3) is 0 Å². The Hall–Kier alpha value is -2.12. The summed E-state index contributed by atoms with van der Waals surface area (Å²) in [5, 5.41) is 9.68. The molecule has 1 aliphatic rings. The van der Waals surface area contributed by atoms with E-state index in [-0.39, 0.29) is 16.3 Å². The standard InChI is InChI=1S/C20H21ClFN3/c1-20(2,3)12-5-7-17-13(9-12)18(14(10-23)19(24)25-17)11-4-6-15(21)16(22)8-11/h4,6,8,12H,5,7,9H2,1-3H3,(H2,24,25). The summed E-state index contributed by atoms with van der Waals surface area (Å²) < 4.78 is 14.0. The number of halogens is 2. The second kappa shape index (κ2) is 6.31. The van der Waals surface area contributed by atoms with Crippen molar-refractivity contribution >= 4 is 17.4 Å². The first kappa shape index (κ1) is 17.7. The number of hydrogen-bond donors (Lipinski definition) is 1. The lowest BCUT2D eigenvalue weighted by Crippen LogP contribution is -2.28. The van der Waals surface area contributed by atoms with E-state index in [9.17, 15) is 9.65 Å². The van der Waals surface area contributed by atoms with Gasteiger partial charge in [0.15, 0.2) is 0 Å². The average Bonchev–Trinajstić information content (AvgIpc) is 2.55. The van der Waals surface area contributed by atoms with Gasteiger partial charge in [0, 0.05) is 11.3 Å². The molecule has 5 heteroatoms. The number of anilines is 1. The SMILES string of the molecule is CC(C)(C)C1CCc2nc(N)c(C#N)c(-c3ccc(Cl)c(F)c3)c2C1. The number of rotatable bonds is 1. The molecule has 0 saturated heterocycles. The monoisotopic (exact) mass is 357 g/mol. The van der Waals surface area contributed by atoms with Crippen LogP contribution in [0.2, 0.25) is 5.02 Å². The third kappa shape index (κ3) is 3.21. The Morgan fingerprint density at radius 1 is 1.36 bits per heavy atom. The van der Waals surface area contributed by atoms with Gasteiger partial charge in [-0.05, 0) is 53.9 Å². The molecule has 1 aliphatic carbocycles. The molecule has 2 N–H and O–H groups in total. The first-order chi connectivity index (χ1) is 11.7. The molecule has 25 heavy (non-hydrogen) atoms. The first-order valence-electron chi connectivity index (χ1n) is 8.39. The molecule has 0 saturated carbocycles. The molecular formula is C20H21ClFN3. The summed E-state index contributed by atoms with van der Waals surface area (Å²) in [6, 6.07) is 6.78. The van der Waals surface area contributed by atoms with Gasteiger partial charge in [-0.25, -0.2) is 9.37 Å². The van der Waals surface area contributed by atoms with E-state index >= 15 is 0 Å². The molecule has 0 spiro atoms. The number of benzene rings is 1. The molecule has 0 aliphatic heterocycles. The molecular weight excluding hydrogens is 337 g/mol. The normalized spacial score (nSPS) is 17.0. The molecule has 0 bridgehead atoms. The third-order valence-electron chi connectivity index (χ3n) is 5.14. The van der Waals surface area contributed by atoms with Gasteiger partial charge in [-0.2, -0.15) is 5.26 Å². The number of nitrogens with zero attached hydrogens (tertiary/aromatic N) is 2. The van der Waals surface area contributed by atoms with Crippen molar-refractivity contribution in [1.29, 1.82) is 5.26 Å².